The quantitative estimate of drug-likeness (QED) is 0.791. The molecule has 0 saturated carbocycles. The Morgan fingerprint density at radius 3 is 2.93 bits per heavy atom. The predicted molar refractivity (Wildman–Crippen MR) is 94.7 cm³/mol. The lowest BCUT2D eigenvalue weighted by molar-refractivity contribution is 0.0137. The fourth-order valence-corrected chi connectivity index (χ4v) is 4.48. The van der Waals surface area contributed by atoms with Crippen LogP contribution in [0.4, 0.5) is 0 Å². The molecule has 0 aromatic heterocycles. The van der Waals surface area contributed by atoms with Crippen LogP contribution in [0.5, 0.6) is 11.5 Å². The third-order valence-electron chi connectivity index (χ3n) is 5.83. The minimum Gasteiger partial charge on any atom is -0.454 e. The zero-order valence-electron chi connectivity index (χ0n) is 15.2. The molecule has 0 radical (unpaired) electrons. The van der Waals surface area contributed by atoms with Gasteiger partial charge in [0.1, 0.15) is 23.9 Å². The van der Waals surface area contributed by atoms with Crippen molar-refractivity contribution in [2.24, 2.45) is 0 Å². The van der Waals surface area contributed by atoms with Crippen LogP contribution in [0.1, 0.15) is 28.4 Å². The highest BCUT2D eigenvalue weighted by molar-refractivity contribution is 5.98. The molecule has 1 saturated heterocycles. The number of aliphatic hydroxyl groups excluding tert-OH is 1. The molecule has 7 heteroatoms. The van der Waals surface area contributed by atoms with E-state index >= 15 is 0 Å². The molecule has 1 aliphatic carbocycles. The number of methoxy groups -OCH3 is 1. The molecule has 27 heavy (non-hydrogen) atoms. The van der Waals surface area contributed by atoms with Gasteiger partial charge in [0.2, 0.25) is 6.79 Å². The molecule has 4 aliphatic rings. The third kappa shape index (κ3) is 2.42. The summed E-state index contributed by atoms with van der Waals surface area (Å²) in [6, 6.07) is 3.56. The van der Waals surface area contributed by atoms with Crippen LogP contribution in [0.25, 0.3) is 0 Å². The van der Waals surface area contributed by atoms with Crippen LogP contribution in [0.15, 0.2) is 35.4 Å². The lowest BCUT2D eigenvalue weighted by Crippen LogP contribution is -2.45. The number of ether oxygens (including phenoxy) is 4. The zero-order chi connectivity index (χ0) is 18.7. The summed E-state index contributed by atoms with van der Waals surface area (Å²) in [5, 5.41) is 10.3. The summed E-state index contributed by atoms with van der Waals surface area (Å²) in [7, 11) is 3.60. The van der Waals surface area contributed by atoms with E-state index in [1.54, 1.807) is 7.11 Å². The predicted octanol–water partition coefficient (Wildman–Crippen LogP) is 1.57. The number of esters is 1. The number of carbonyl (C=O) groups excluding carboxylic acids is 1. The Bertz CT molecular complexity index is 875. The van der Waals surface area contributed by atoms with Crippen molar-refractivity contribution in [3.63, 3.8) is 0 Å². The number of cyclic esters (lactones) is 1. The van der Waals surface area contributed by atoms with Crippen LogP contribution in [-0.4, -0.2) is 61.7 Å². The van der Waals surface area contributed by atoms with Gasteiger partial charge in [0.05, 0.1) is 6.04 Å². The molecule has 142 valence electrons. The molecule has 7 nitrogen and oxygen atoms in total. The lowest BCUT2D eigenvalue weighted by Gasteiger charge is -2.41. The maximum absolute atomic E-state index is 12.6. The van der Waals surface area contributed by atoms with Crippen molar-refractivity contribution < 1.29 is 28.8 Å². The van der Waals surface area contributed by atoms with Crippen molar-refractivity contribution in [1.82, 2.24) is 4.90 Å². The largest absolute Gasteiger partial charge is 0.454 e. The number of aliphatic hydroxyl groups is 1. The Morgan fingerprint density at radius 1 is 1.26 bits per heavy atom. The van der Waals surface area contributed by atoms with Crippen molar-refractivity contribution in [2.45, 2.75) is 30.8 Å². The van der Waals surface area contributed by atoms with Crippen LogP contribution < -0.4 is 9.47 Å². The molecule has 1 aromatic rings. The van der Waals surface area contributed by atoms with Crippen molar-refractivity contribution in [3.8, 4) is 11.5 Å². The van der Waals surface area contributed by atoms with Crippen molar-refractivity contribution in [1.29, 1.82) is 0 Å². The Labute approximate surface area is 156 Å². The number of likely N-dealkylation sites (tertiary alicyclic amines) is 1. The molecule has 0 bridgehead atoms. The molecule has 1 N–H and O–H groups in total. The fraction of sp³-hybridized carbons (Fsp3) is 0.450. The smallest absolute Gasteiger partial charge is 0.343 e. The van der Waals surface area contributed by atoms with E-state index in [0.717, 1.165) is 29.7 Å². The molecule has 5 rings (SSSR count). The van der Waals surface area contributed by atoms with Gasteiger partial charge in [-0.3, -0.25) is 4.90 Å². The van der Waals surface area contributed by atoms with Gasteiger partial charge in [-0.25, -0.2) is 4.79 Å². The fourth-order valence-electron chi connectivity index (χ4n) is 4.48. The van der Waals surface area contributed by atoms with Gasteiger partial charge in [-0.05, 0) is 42.8 Å². The van der Waals surface area contributed by atoms with E-state index in [1.807, 2.05) is 31.3 Å². The molecule has 1 aromatic carbocycles. The van der Waals surface area contributed by atoms with E-state index in [-0.39, 0.29) is 18.8 Å². The molecule has 1 fully saturated rings. The number of likely N-dealkylation sites (N-methyl/N-ethyl adjacent to an activating group) is 1. The first-order valence-corrected chi connectivity index (χ1v) is 9.06. The first kappa shape index (κ1) is 16.8. The number of carbonyl (C=O) groups is 1. The van der Waals surface area contributed by atoms with Crippen molar-refractivity contribution in [2.75, 3.05) is 27.5 Å². The Balaban J connectivity index is 1.59. The molecule has 4 atom stereocenters. The standard InChI is InChI=1S/C20H21NO6/c1-21-6-5-10-7-13(22)15(24-2)8-12(10)17(21)18-11-3-4-14-19(26-9-25-14)16(11)20(23)27-18/h3-4,7-8,13,15,17-18,22H,5-6,9H2,1-2H3/t13?,15?,17-,18-/m0/s1. The van der Waals surface area contributed by atoms with Gasteiger partial charge in [0, 0.05) is 19.2 Å². The summed E-state index contributed by atoms with van der Waals surface area (Å²) in [6.45, 7) is 0.921. The van der Waals surface area contributed by atoms with Gasteiger partial charge in [0.25, 0.3) is 0 Å². The summed E-state index contributed by atoms with van der Waals surface area (Å²) in [5.41, 5.74) is 3.40. The summed E-state index contributed by atoms with van der Waals surface area (Å²) in [5.74, 6) is 0.655. The van der Waals surface area contributed by atoms with Crippen LogP contribution in [0.3, 0.4) is 0 Å². The average Bonchev–Trinajstić information content (AvgIpc) is 3.25. The number of fused-ring (bicyclic) bond motifs is 4. The summed E-state index contributed by atoms with van der Waals surface area (Å²) in [6.07, 6.45) is 3.13. The van der Waals surface area contributed by atoms with Crippen LogP contribution in [0.2, 0.25) is 0 Å². The normalized spacial score (nSPS) is 31.7. The minimum absolute atomic E-state index is 0.110. The molecule has 0 spiro atoms. The van der Waals surface area contributed by atoms with E-state index in [1.165, 1.54) is 0 Å². The Hall–Kier alpha value is -2.35. The van der Waals surface area contributed by atoms with E-state index in [2.05, 4.69) is 4.90 Å². The molecular weight excluding hydrogens is 350 g/mol. The zero-order valence-corrected chi connectivity index (χ0v) is 15.2. The number of rotatable bonds is 2. The van der Waals surface area contributed by atoms with Crippen LogP contribution in [0, 0.1) is 0 Å². The highest BCUT2D eigenvalue weighted by Crippen LogP contribution is 2.48. The van der Waals surface area contributed by atoms with Gasteiger partial charge >= 0.3 is 5.97 Å². The van der Waals surface area contributed by atoms with E-state index in [4.69, 9.17) is 18.9 Å². The number of hydrogen-bond acceptors (Lipinski definition) is 7. The van der Waals surface area contributed by atoms with Gasteiger partial charge in [-0.1, -0.05) is 6.07 Å². The Morgan fingerprint density at radius 2 is 2.11 bits per heavy atom. The second-order valence-electron chi connectivity index (χ2n) is 7.27. The first-order valence-electron chi connectivity index (χ1n) is 9.06. The SMILES string of the molecule is COC1C=C2C(=CC1O)CCN(C)[C@@H]2[C@H]1OC(=O)c2c1ccc1c2OCO1. The molecule has 3 heterocycles. The summed E-state index contributed by atoms with van der Waals surface area (Å²) in [4.78, 5) is 14.8. The van der Waals surface area contributed by atoms with Crippen LogP contribution in [-0.2, 0) is 9.47 Å². The van der Waals surface area contributed by atoms with Crippen LogP contribution >= 0.6 is 0 Å². The number of benzene rings is 1. The monoisotopic (exact) mass is 371 g/mol. The molecule has 2 unspecified atom stereocenters. The van der Waals surface area contributed by atoms with Crippen molar-refractivity contribution in [3.05, 3.63) is 46.6 Å². The summed E-state index contributed by atoms with van der Waals surface area (Å²) >= 11 is 0. The maximum Gasteiger partial charge on any atom is 0.343 e. The summed E-state index contributed by atoms with van der Waals surface area (Å²) < 4.78 is 22.1. The second kappa shape index (κ2) is 6.09. The van der Waals surface area contributed by atoms with Gasteiger partial charge in [-0.15, -0.1) is 0 Å². The average molecular weight is 371 g/mol. The van der Waals surface area contributed by atoms with E-state index < -0.39 is 18.3 Å². The van der Waals surface area contributed by atoms with Crippen molar-refractivity contribution >= 4 is 5.97 Å². The van der Waals surface area contributed by atoms with Gasteiger partial charge < -0.3 is 24.1 Å². The third-order valence-corrected chi connectivity index (χ3v) is 5.83. The highest BCUT2D eigenvalue weighted by atomic mass is 16.7. The molecular formula is C20H21NO6. The van der Waals surface area contributed by atoms with E-state index in [9.17, 15) is 9.90 Å². The second-order valence-corrected chi connectivity index (χ2v) is 7.27. The maximum atomic E-state index is 12.6. The lowest BCUT2D eigenvalue weighted by atomic mass is 9.80. The topological polar surface area (TPSA) is 77.5 Å². The first-order chi connectivity index (χ1) is 13.1. The van der Waals surface area contributed by atoms with Gasteiger partial charge in [0.15, 0.2) is 11.5 Å². The molecule has 0 amide bonds. The number of nitrogens with zero attached hydrogens (tertiary/aromatic N) is 1. The highest BCUT2D eigenvalue weighted by Gasteiger charge is 2.46. The number of piperidine rings is 1. The Kier molecular flexibility index (Phi) is 3.79. The van der Waals surface area contributed by atoms with Gasteiger partial charge in [-0.2, -0.15) is 0 Å². The number of hydrogen-bond donors (Lipinski definition) is 1. The minimum atomic E-state index is -0.662. The molecule has 3 aliphatic heterocycles. The van der Waals surface area contributed by atoms with E-state index in [0.29, 0.717) is 17.1 Å².